The number of aryl methyl sites for hydroxylation is 2. The number of nitrogens with two attached hydrogens (primary N) is 1. The molecule has 0 aliphatic rings. The third-order valence-corrected chi connectivity index (χ3v) is 3.35. The summed E-state index contributed by atoms with van der Waals surface area (Å²) in [5.74, 6) is 1.58. The molecule has 0 atom stereocenters. The van der Waals surface area contributed by atoms with E-state index in [0.717, 1.165) is 33.7 Å². The van der Waals surface area contributed by atoms with Gasteiger partial charge in [-0.2, -0.15) is 0 Å². The van der Waals surface area contributed by atoms with Crippen LogP contribution in [0.4, 0.5) is 5.69 Å². The van der Waals surface area contributed by atoms with Gasteiger partial charge in [0.05, 0.1) is 17.8 Å². The van der Waals surface area contributed by atoms with Crippen molar-refractivity contribution in [1.29, 1.82) is 0 Å². The Hall–Kier alpha value is -2.27. The first kappa shape index (κ1) is 16.1. The highest BCUT2D eigenvalue weighted by atomic mass is 35.5. The van der Waals surface area contributed by atoms with Gasteiger partial charge in [0.2, 0.25) is 0 Å². The lowest BCUT2D eigenvalue weighted by Gasteiger charge is -2.12. The summed E-state index contributed by atoms with van der Waals surface area (Å²) >= 11 is 0. The molecule has 3 rings (SSSR count). The first-order valence-electron chi connectivity index (χ1n) is 6.93. The summed E-state index contributed by atoms with van der Waals surface area (Å²) in [5, 5.41) is 0.940. The smallest absolute Gasteiger partial charge is 0.142 e. The highest BCUT2D eigenvalue weighted by Gasteiger charge is 2.11. The van der Waals surface area contributed by atoms with Gasteiger partial charge in [-0.3, -0.25) is 4.57 Å². The lowest BCUT2D eigenvalue weighted by Crippen LogP contribution is -2.01. The quantitative estimate of drug-likeness (QED) is 0.751. The Morgan fingerprint density at radius 2 is 2.00 bits per heavy atom. The number of anilines is 1. The summed E-state index contributed by atoms with van der Waals surface area (Å²) in [4.78, 5) is 8.98. The highest BCUT2D eigenvalue weighted by Crippen LogP contribution is 2.31. The molecule has 116 valence electrons. The SMILES string of the molecule is CCOc1cc(-n2cnc(C)c2)nc2c(C)cc(N)cc12.Cl. The minimum Gasteiger partial charge on any atom is -0.493 e. The number of nitrogens with zero attached hydrogens (tertiary/aromatic N) is 3. The number of pyridine rings is 1. The topological polar surface area (TPSA) is 66.0 Å². The molecule has 3 aromatic rings. The monoisotopic (exact) mass is 318 g/mol. The number of halogens is 1. The summed E-state index contributed by atoms with van der Waals surface area (Å²) in [7, 11) is 0. The van der Waals surface area contributed by atoms with Gasteiger partial charge in [-0.1, -0.05) is 0 Å². The third-order valence-electron chi connectivity index (χ3n) is 3.35. The Morgan fingerprint density at radius 1 is 1.23 bits per heavy atom. The number of imidazole rings is 1. The fourth-order valence-electron chi connectivity index (χ4n) is 2.44. The Labute approximate surface area is 135 Å². The predicted molar refractivity (Wildman–Crippen MR) is 91.2 cm³/mol. The fraction of sp³-hybridized carbons (Fsp3) is 0.250. The zero-order valence-corrected chi connectivity index (χ0v) is 13.6. The fourth-order valence-corrected chi connectivity index (χ4v) is 2.44. The second-order valence-corrected chi connectivity index (χ2v) is 5.07. The zero-order valence-electron chi connectivity index (χ0n) is 12.8. The normalized spacial score (nSPS) is 10.5. The molecular formula is C16H19ClN4O. The van der Waals surface area contributed by atoms with E-state index < -0.39 is 0 Å². The molecular weight excluding hydrogens is 300 g/mol. The molecule has 0 saturated heterocycles. The number of nitrogen functional groups attached to an aromatic ring is 1. The second kappa shape index (κ2) is 6.23. The molecule has 5 nitrogen and oxygen atoms in total. The van der Waals surface area contributed by atoms with Gasteiger partial charge < -0.3 is 10.5 Å². The van der Waals surface area contributed by atoms with Crippen LogP contribution in [0.25, 0.3) is 16.7 Å². The van der Waals surface area contributed by atoms with Crippen molar-refractivity contribution in [3.8, 4) is 11.6 Å². The van der Waals surface area contributed by atoms with Gasteiger partial charge >= 0.3 is 0 Å². The maximum absolute atomic E-state index is 5.94. The maximum Gasteiger partial charge on any atom is 0.142 e. The van der Waals surface area contributed by atoms with E-state index in [1.54, 1.807) is 6.33 Å². The molecule has 0 aliphatic carbocycles. The highest BCUT2D eigenvalue weighted by molar-refractivity contribution is 5.91. The van der Waals surface area contributed by atoms with Crippen molar-refractivity contribution >= 4 is 29.0 Å². The first-order valence-corrected chi connectivity index (χ1v) is 6.93. The molecule has 2 N–H and O–H groups in total. The van der Waals surface area contributed by atoms with Crippen LogP contribution >= 0.6 is 12.4 Å². The van der Waals surface area contributed by atoms with E-state index in [4.69, 9.17) is 15.5 Å². The Morgan fingerprint density at radius 3 is 2.64 bits per heavy atom. The van der Waals surface area contributed by atoms with Crippen molar-refractivity contribution in [3.05, 3.63) is 42.0 Å². The molecule has 0 spiro atoms. The lowest BCUT2D eigenvalue weighted by molar-refractivity contribution is 0.344. The standard InChI is InChI=1S/C16H18N4O.ClH/c1-4-21-14-7-15(20-8-11(3)18-9-20)19-16-10(2)5-12(17)6-13(14)16;/h5-9H,4,17H2,1-3H3;1H. The summed E-state index contributed by atoms with van der Waals surface area (Å²) in [6, 6.07) is 5.75. The molecule has 0 fully saturated rings. The van der Waals surface area contributed by atoms with E-state index in [0.29, 0.717) is 12.3 Å². The molecule has 0 unspecified atom stereocenters. The van der Waals surface area contributed by atoms with E-state index in [9.17, 15) is 0 Å². The van der Waals surface area contributed by atoms with E-state index in [-0.39, 0.29) is 12.4 Å². The van der Waals surface area contributed by atoms with E-state index in [1.807, 2.05) is 49.7 Å². The maximum atomic E-state index is 5.94. The van der Waals surface area contributed by atoms with Crippen molar-refractivity contribution in [2.75, 3.05) is 12.3 Å². The van der Waals surface area contributed by atoms with Gasteiger partial charge in [-0.15, -0.1) is 12.4 Å². The number of hydrogen-bond acceptors (Lipinski definition) is 4. The van der Waals surface area contributed by atoms with Crippen molar-refractivity contribution in [1.82, 2.24) is 14.5 Å². The number of rotatable bonds is 3. The molecule has 2 aromatic heterocycles. The summed E-state index contributed by atoms with van der Waals surface area (Å²) < 4.78 is 7.66. The van der Waals surface area contributed by atoms with Gasteiger partial charge in [-0.25, -0.2) is 9.97 Å². The largest absolute Gasteiger partial charge is 0.493 e. The Kier molecular flexibility index (Phi) is 4.56. The van der Waals surface area contributed by atoms with Crippen LogP contribution in [0.1, 0.15) is 18.2 Å². The molecule has 0 radical (unpaired) electrons. The van der Waals surface area contributed by atoms with Crippen LogP contribution in [-0.4, -0.2) is 21.1 Å². The molecule has 0 aliphatic heterocycles. The van der Waals surface area contributed by atoms with Crippen LogP contribution in [0.2, 0.25) is 0 Å². The minimum absolute atomic E-state index is 0. The summed E-state index contributed by atoms with van der Waals surface area (Å²) in [5.41, 5.74) is 9.54. The van der Waals surface area contributed by atoms with Crippen LogP contribution in [0.3, 0.4) is 0 Å². The van der Waals surface area contributed by atoms with Gasteiger partial charge in [-0.05, 0) is 38.5 Å². The molecule has 0 amide bonds. The van der Waals surface area contributed by atoms with Crippen LogP contribution in [0.5, 0.6) is 5.75 Å². The first-order chi connectivity index (χ1) is 10.1. The number of fused-ring (bicyclic) bond motifs is 1. The average molecular weight is 319 g/mol. The minimum atomic E-state index is 0. The van der Waals surface area contributed by atoms with E-state index in [1.165, 1.54) is 0 Å². The van der Waals surface area contributed by atoms with Crippen molar-refractivity contribution in [3.63, 3.8) is 0 Å². The number of hydrogen-bond donors (Lipinski definition) is 1. The van der Waals surface area contributed by atoms with Gasteiger partial charge in [0.1, 0.15) is 17.9 Å². The van der Waals surface area contributed by atoms with Gasteiger partial charge in [0, 0.05) is 23.3 Å². The number of ether oxygens (including phenoxy) is 1. The van der Waals surface area contributed by atoms with Crippen LogP contribution in [0, 0.1) is 13.8 Å². The van der Waals surface area contributed by atoms with Crippen LogP contribution < -0.4 is 10.5 Å². The molecule has 0 bridgehead atoms. The third kappa shape index (κ3) is 2.85. The van der Waals surface area contributed by atoms with E-state index >= 15 is 0 Å². The summed E-state index contributed by atoms with van der Waals surface area (Å²) in [6.45, 7) is 6.51. The molecule has 1 aromatic carbocycles. The Bertz CT molecular complexity index is 813. The predicted octanol–water partition coefficient (Wildman–Crippen LogP) is 3.44. The van der Waals surface area contributed by atoms with Crippen LogP contribution in [-0.2, 0) is 0 Å². The summed E-state index contributed by atoms with van der Waals surface area (Å²) in [6.07, 6.45) is 3.70. The van der Waals surface area contributed by atoms with Crippen molar-refractivity contribution < 1.29 is 4.74 Å². The molecule has 6 heteroatoms. The number of aromatic nitrogens is 3. The van der Waals surface area contributed by atoms with Gasteiger partial charge in [0.15, 0.2) is 0 Å². The van der Waals surface area contributed by atoms with Gasteiger partial charge in [0.25, 0.3) is 0 Å². The van der Waals surface area contributed by atoms with E-state index in [2.05, 4.69) is 4.98 Å². The Balaban J connectivity index is 0.00000176. The molecule has 0 saturated carbocycles. The zero-order chi connectivity index (χ0) is 15.0. The average Bonchev–Trinajstić information content (AvgIpc) is 2.86. The van der Waals surface area contributed by atoms with Crippen LogP contribution in [0.15, 0.2) is 30.7 Å². The lowest BCUT2D eigenvalue weighted by atomic mass is 10.1. The van der Waals surface area contributed by atoms with Crippen molar-refractivity contribution in [2.24, 2.45) is 0 Å². The van der Waals surface area contributed by atoms with Crippen molar-refractivity contribution in [2.45, 2.75) is 20.8 Å². The second-order valence-electron chi connectivity index (χ2n) is 5.07. The molecule has 2 heterocycles. The molecule has 22 heavy (non-hydrogen) atoms. The number of benzene rings is 1.